The van der Waals surface area contributed by atoms with Gasteiger partial charge in [-0.3, -0.25) is 0 Å². The third-order valence-electron chi connectivity index (χ3n) is 2.15. The van der Waals surface area contributed by atoms with E-state index in [1.54, 1.807) is 0 Å². The topological polar surface area (TPSA) is 12.5 Å². The lowest BCUT2D eigenvalue weighted by molar-refractivity contribution is 0.330. The van der Waals surface area contributed by atoms with Gasteiger partial charge in [-0.25, -0.2) is 0 Å². The highest BCUT2D eigenvalue weighted by molar-refractivity contribution is 5.06. The molecule has 1 heterocycles. The van der Waals surface area contributed by atoms with Crippen LogP contribution >= 0.6 is 0 Å². The van der Waals surface area contributed by atoms with Gasteiger partial charge in [0.1, 0.15) is 5.60 Å². The molecule has 1 atom stereocenters. The lowest BCUT2D eigenvalue weighted by Gasteiger charge is -2.03. The molecule has 1 aliphatic heterocycles. The summed E-state index contributed by atoms with van der Waals surface area (Å²) in [6.07, 6.45) is 8.59. The molecule has 0 saturated carbocycles. The summed E-state index contributed by atoms with van der Waals surface area (Å²) in [6.45, 7) is 8.31. The van der Waals surface area contributed by atoms with Crippen LogP contribution in [0.2, 0.25) is 0 Å². The van der Waals surface area contributed by atoms with Crippen LogP contribution in [0.5, 0.6) is 0 Å². The van der Waals surface area contributed by atoms with Crippen molar-refractivity contribution in [2.24, 2.45) is 0 Å². The highest BCUT2D eigenvalue weighted by Gasteiger charge is 2.40. The molecule has 0 amide bonds. The molecular formula is C10H16O. The standard InChI is InChI=1S/C10H16O/c1-3-5-6-7-8-10(4-2)9-11-10/h3-4H,1-2,5-9H2/t10-/m0/s1. The molecule has 0 bridgehead atoms. The van der Waals surface area contributed by atoms with E-state index in [1.165, 1.54) is 12.8 Å². The van der Waals surface area contributed by atoms with Crippen LogP contribution in [0, 0.1) is 0 Å². The van der Waals surface area contributed by atoms with Gasteiger partial charge in [0, 0.05) is 0 Å². The largest absolute Gasteiger partial charge is 0.365 e. The van der Waals surface area contributed by atoms with Crippen molar-refractivity contribution in [2.75, 3.05) is 6.61 Å². The van der Waals surface area contributed by atoms with Crippen LogP contribution in [0.15, 0.2) is 25.3 Å². The second kappa shape index (κ2) is 3.72. The Morgan fingerprint density at radius 1 is 1.36 bits per heavy atom. The number of hydrogen-bond acceptors (Lipinski definition) is 1. The van der Waals surface area contributed by atoms with Gasteiger partial charge < -0.3 is 4.74 Å². The van der Waals surface area contributed by atoms with Gasteiger partial charge in [0.2, 0.25) is 0 Å². The average molecular weight is 152 g/mol. The molecule has 0 aromatic carbocycles. The van der Waals surface area contributed by atoms with Gasteiger partial charge in [-0.1, -0.05) is 12.2 Å². The van der Waals surface area contributed by atoms with Crippen molar-refractivity contribution in [3.8, 4) is 0 Å². The van der Waals surface area contributed by atoms with Gasteiger partial charge in [-0.2, -0.15) is 0 Å². The maximum absolute atomic E-state index is 5.28. The smallest absolute Gasteiger partial charge is 0.109 e. The zero-order valence-electron chi connectivity index (χ0n) is 7.01. The molecule has 0 aromatic rings. The van der Waals surface area contributed by atoms with Gasteiger partial charge in [-0.15, -0.1) is 13.2 Å². The molecule has 1 heteroatoms. The molecule has 1 saturated heterocycles. The van der Waals surface area contributed by atoms with Crippen LogP contribution < -0.4 is 0 Å². The summed E-state index contributed by atoms with van der Waals surface area (Å²) >= 11 is 0. The number of epoxide rings is 1. The average Bonchev–Trinajstić information content (AvgIpc) is 2.80. The second-order valence-corrected chi connectivity index (χ2v) is 3.09. The molecule has 0 aliphatic carbocycles. The summed E-state index contributed by atoms with van der Waals surface area (Å²) in [4.78, 5) is 0. The second-order valence-electron chi connectivity index (χ2n) is 3.09. The first-order valence-corrected chi connectivity index (χ1v) is 4.21. The van der Waals surface area contributed by atoms with Crippen LogP contribution in [0.25, 0.3) is 0 Å². The first-order chi connectivity index (χ1) is 5.33. The number of ether oxygens (including phenoxy) is 1. The maximum atomic E-state index is 5.28. The predicted molar refractivity (Wildman–Crippen MR) is 47.5 cm³/mol. The highest BCUT2D eigenvalue weighted by Crippen LogP contribution is 2.33. The molecule has 1 aliphatic rings. The Balaban J connectivity index is 2.02. The Morgan fingerprint density at radius 2 is 2.09 bits per heavy atom. The van der Waals surface area contributed by atoms with Crippen molar-refractivity contribution in [2.45, 2.75) is 31.3 Å². The third-order valence-corrected chi connectivity index (χ3v) is 2.15. The minimum Gasteiger partial charge on any atom is -0.365 e. The van der Waals surface area contributed by atoms with Gasteiger partial charge >= 0.3 is 0 Å². The number of hydrogen-bond donors (Lipinski definition) is 0. The third kappa shape index (κ3) is 2.51. The molecule has 1 fully saturated rings. The molecule has 1 nitrogen and oxygen atoms in total. The Morgan fingerprint density at radius 3 is 2.55 bits per heavy atom. The van der Waals surface area contributed by atoms with E-state index in [4.69, 9.17) is 4.74 Å². The van der Waals surface area contributed by atoms with Crippen LogP contribution in [0.1, 0.15) is 25.7 Å². The minimum absolute atomic E-state index is 0.0706. The first kappa shape index (κ1) is 8.54. The lowest BCUT2D eigenvalue weighted by atomic mass is 10.0. The number of allylic oxidation sites excluding steroid dienone is 1. The van der Waals surface area contributed by atoms with E-state index in [1.807, 2.05) is 12.2 Å². The zero-order valence-corrected chi connectivity index (χ0v) is 7.01. The van der Waals surface area contributed by atoms with Crippen molar-refractivity contribution in [1.82, 2.24) is 0 Å². The number of unbranched alkanes of at least 4 members (excludes halogenated alkanes) is 2. The molecule has 0 aromatic heterocycles. The molecule has 62 valence electrons. The van der Waals surface area contributed by atoms with Crippen LogP contribution in [-0.4, -0.2) is 12.2 Å². The molecule has 11 heavy (non-hydrogen) atoms. The fourth-order valence-corrected chi connectivity index (χ4v) is 1.17. The van der Waals surface area contributed by atoms with Gasteiger partial charge in [0.25, 0.3) is 0 Å². The quantitative estimate of drug-likeness (QED) is 0.324. The highest BCUT2D eigenvalue weighted by atomic mass is 16.6. The SMILES string of the molecule is C=CCCCC[C@@]1(C=C)CO1. The van der Waals surface area contributed by atoms with Gasteiger partial charge in [-0.05, 0) is 25.7 Å². The number of rotatable bonds is 6. The summed E-state index contributed by atoms with van der Waals surface area (Å²) in [6, 6.07) is 0. The predicted octanol–water partition coefficient (Wildman–Crippen LogP) is 2.69. The van der Waals surface area contributed by atoms with E-state index in [2.05, 4.69) is 13.2 Å². The molecule has 0 unspecified atom stereocenters. The van der Waals surface area contributed by atoms with Crippen LogP contribution in [0.3, 0.4) is 0 Å². The van der Waals surface area contributed by atoms with Crippen LogP contribution in [0.4, 0.5) is 0 Å². The Bertz CT molecular complexity index is 145. The summed E-state index contributed by atoms with van der Waals surface area (Å²) in [5.41, 5.74) is 0.0706. The Labute approximate surface area is 68.8 Å². The first-order valence-electron chi connectivity index (χ1n) is 4.21. The minimum atomic E-state index is 0.0706. The van der Waals surface area contributed by atoms with E-state index in [-0.39, 0.29) is 5.60 Å². The monoisotopic (exact) mass is 152 g/mol. The fraction of sp³-hybridized carbons (Fsp3) is 0.600. The van der Waals surface area contributed by atoms with Crippen molar-refractivity contribution >= 4 is 0 Å². The Kier molecular flexibility index (Phi) is 2.89. The van der Waals surface area contributed by atoms with Gasteiger partial charge in [0.05, 0.1) is 6.61 Å². The molecule has 1 rings (SSSR count). The summed E-state index contributed by atoms with van der Waals surface area (Å²) < 4.78 is 5.28. The summed E-state index contributed by atoms with van der Waals surface area (Å²) in [7, 11) is 0. The van der Waals surface area contributed by atoms with E-state index < -0.39 is 0 Å². The van der Waals surface area contributed by atoms with E-state index in [0.29, 0.717) is 0 Å². The molecule has 0 spiro atoms. The van der Waals surface area contributed by atoms with Crippen molar-refractivity contribution in [3.63, 3.8) is 0 Å². The van der Waals surface area contributed by atoms with Gasteiger partial charge in [0.15, 0.2) is 0 Å². The normalized spacial score (nSPS) is 28.0. The van der Waals surface area contributed by atoms with Crippen LogP contribution in [-0.2, 0) is 4.74 Å². The van der Waals surface area contributed by atoms with Crippen molar-refractivity contribution in [1.29, 1.82) is 0 Å². The van der Waals surface area contributed by atoms with Crippen molar-refractivity contribution in [3.05, 3.63) is 25.3 Å². The molecular weight excluding hydrogens is 136 g/mol. The van der Waals surface area contributed by atoms with E-state index >= 15 is 0 Å². The van der Waals surface area contributed by atoms with E-state index in [9.17, 15) is 0 Å². The molecule has 0 radical (unpaired) electrons. The lowest BCUT2D eigenvalue weighted by Crippen LogP contribution is -2.04. The molecule has 0 N–H and O–H groups in total. The zero-order chi connectivity index (χ0) is 8.16. The van der Waals surface area contributed by atoms with Crippen molar-refractivity contribution < 1.29 is 4.74 Å². The van der Waals surface area contributed by atoms with E-state index in [0.717, 1.165) is 19.4 Å². The summed E-state index contributed by atoms with van der Waals surface area (Å²) in [5.74, 6) is 0. The summed E-state index contributed by atoms with van der Waals surface area (Å²) in [5, 5.41) is 0. The maximum Gasteiger partial charge on any atom is 0.109 e. The Hall–Kier alpha value is -0.560. The fourth-order valence-electron chi connectivity index (χ4n) is 1.17.